The smallest absolute Gasteiger partial charge is 0.410 e. The minimum Gasteiger partial charge on any atom is -0.444 e. The molecule has 1 N–H and O–H groups in total. The lowest BCUT2D eigenvalue weighted by atomic mass is 9.81. The molecular formula is C23H36N4O5. The third-order valence-electron chi connectivity index (χ3n) is 6.31. The second kappa shape index (κ2) is 10.5. The van der Waals surface area contributed by atoms with E-state index in [-0.39, 0.29) is 35.7 Å². The van der Waals surface area contributed by atoms with Crippen molar-refractivity contribution in [1.29, 1.82) is 0 Å². The van der Waals surface area contributed by atoms with Crippen LogP contribution in [0.4, 0.5) is 4.79 Å². The fourth-order valence-electron chi connectivity index (χ4n) is 4.44. The van der Waals surface area contributed by atoms with Gasteiger partial charge in [-0.2, -0.15) is 0 Å². The molecule has 0 bridgehead atoms. The van der Waals surface area contributed by atoms with Crippen LogP contribution in [0.15, 0.2) is 12.2 Å². The molecule has 2 fully saturated rings. The fourth-order valence-corrected chi connectivity index (χ4v) is 4.44. The molecule has 0 aromatic rings. The molecule has 0 radical (unpaired) electrons. The van der Waals surface area contributed by atoms with Crippen molar-refractivity contribution in [3.63, 3.8) is 0 Å². The Kier molecular flexibility index (Phi) is 7.92. The first-order valence-corrected chi connectivity index (χ1v) is 11.6. The summed E-state index contributed by atoms with van der Waals surface area (Å²) in [5, 5.41) is 3.05. The van der Waals surface area contributed by atoms with Crippen LogP contribution in [0.2, 0.25) is 0 Å². The van der Waals surface area contributed by atoms with Gasteiger partial charge in [-0.1, -0.05) is 0 Å². The number of carbonyl (C=O) groups is 4. The predicted octanol–water partition coefficient (Wildman–Crippen LogP) is 1.39. The van der Waals surface area contributed by atoms with Crippen molar-refractivity contribution in [3.05, 3.63) is 12.2 Å². The van der Waals surface area contributed by atoms with Crippen LogP contribution in [0, 0.1) is 11.8 Å². The number of imide groups is 1. The Bertz CT molecular complexity index is 726. The zero-order chi connectivity index (χ0) is 23.3. The van der Waals surface area contributed by atoms with E-state index in [0.717, 1.165) is 45.3 Å². The number of ether oxygens (including phenoxy) is 1. The molecule has 1 saturated carbocycles. The maximum Gasteiger partial charge on any atom is 0.410 e. The van der Waals surface area contributed by atoms with Gasteiger partial charge in [-0.15, -0.1) is 0 Å². The van der Waals surface area contributed by atoms with Crippen molar-refractivity contribution in [3.8, 4) is 0 Å². The molecule has 9 nitrogen and oxygen atoms in total. The third kappa shape index (κ3) is 6.79. The first kappa shape index (κ1) is 24.2. The molecule has 2 heterocycles. The maximum absolute atomic E-state index is 12.5. The summed E-state index contributed by atoms with van der Waals surface area (Å²) >= 11 is 0. The standard InChI is InChI=1S/C23H36N4O5/c1-23(2,3)32-22(31)26-14-12-25(13-15-26)11-10-24-21(30)18-6-4-17(5-7-18)16-27-19(28)8-9-20(27)29/h8-9,17-18H,4-7,10-16H2,1-3H3,(H,24,30). The maximum atomic E-state index is 12.5. The lowest BCUT2D eigenvalue weighted by Gasteiger charge is -2.35. The third-order valence-corrected chi connectivity index (χ3v) is 6.31. The van der Waals surface area contributed by atoms with Crippen molar-refractivity contribution in [2.45, 2.75) is 52.1 Å². The summed E-state index contributed by atoms with van der Waals surface area (Å²) in [5.41, 5.74) is -0.488. The Labute approximate surface area is 190 Å². The van der Waals surface area contributed by atoms with Gasteiger partial charge in [-0.25, -0.2) is 4.79 Å². The summed E-state index contributed by atoms with van der Waals surface area (Å²) in [5.74, 6) is -0.110. The molecule has 1 saturated heterocycles. The van der Waals surface area contributed by atoms with Gasteiger partial charge in [0.15, 0.2) is 0 Å². The fraction of sp³-hybridized carbons (Fsp3) is 0.739. The minimum absolute atomic E-state index is 0.00151. The number of rotatable bonds is 6. The molecule has 178 valence electrons. The van der Waals surface area contributed by atoms with E-state index in [0.29, 0.717) is 26.2 Å². The van der Waals surface area contributed by atoms with Crippen molar-refractivity contribution in [2.24, 2.45) is 11.8 Å². The van der Waals surface area contributed by atoms with Crippen LogP contribution in [0.1, 0.15) is 46.5 Å². The van der Waals surface area contributed by atoms with Gasteiger partial charge in [0.1, 0.15) is 5.60 Å². The van der Waals surface area contributed by atoms with Crippen molar-refractivity contribution < 1.29 is 23.9 Å². The molecule has 0 atom stereocenters. The molecule has 4 amide bonds. The van der Waals surface area contributed by atoms with Crippen LogP contribution in [0.5, 0.6) is 0 Å². The summed E-state index contributed by atoms with van der Waals surface area (Å²) in [6, 6.07) is 0. The largest absolute Gasteiger partial charge is 0.444 e. The van der Waals surface area contributed by atoms with Crippen LogP contribution in [0.25, 0.3) is 0 Å². The molecule has 3 aliphatic rings. The number of nitrogens with one attached hydrogen (secondary N) is 1. The van der Waals surface area contributed by atoms with Gasteiger partial charge in [0.05, 0.1) is 0 Å². The molecule has 0 aromatic heterocycles. The average Bonchev–Trinajstić information content (AvgIpc) is 3.05. The Balaban J connectivity index is 1.29. The molecule has 0 aromatic carbocycles. The van der Waals surface area contributed by atoms with Gasteiger partial charge < -0.3 is 15.0 Å². The Hall–Kier alpha value is -2.42. The van der Waals surface area contributed by atoms with Crippen molar-refractivity contribution in [2.75, 3.05) is 45.8 Å². The molecule has 2 aliphatic heterocycles. The highest BCUT2D eigenvalue weighted by atomic mass is 16.6. The quantitative estimate of drug-likeness (QED) is 0.617. The molecule has 1 aliphatic carbocycles. The summed E-state index contributed by atoms with van der Waals surface area (Å²) in [6.07, 6.45) is 5.64. The van der Waals surface area contributed by atoms with Gasteiger partial charge in [0, 0.05) is 63.9 Å². The molecule has 3 rings (SSSR count). The average molecular weight is 449 g/mol. The van der Waals surface area contributed by atoms with Gasteiger partial charge in [-0.05, 0) is 52.4 Å². The molecule has 32 heavy (non-hydrogen) atoms. The van der Waals surface area contributed by atoms with Crippen LogP contribution in [0.3, 0.4) is 0 Å². The summed E-state index contributed by atoms with van der Waals surface area (Å²) in [7, 11) is 0. The molecular weight excluding hydrogens is 412 g/mol. The number of piperazine rings is 1. The van der Waals surface area contributed by atoms with E-state index in [1.54, 1.807) is 4.90 Å². The van der Waals surface area contributed by atoms with E-state index in [1.807, 2.05) is 20.8 Å². The van der Waals surface area contributed by atoms with E-state index >= 15 is 0 Å². The zero-order valence-electron chi connectivity index (χ0n) is 19.5. The second-order valence-electron chi connectivity index (χ2n) is 9.94. The normalized spacial score (nSPS) is 24.7. The number of hydrogen-bond donors (Lipinski definition) is 1. The minimum atomic E-state index is -0.488. The highest BCUT2D eigenvalue weighted by Crippen LogP contribution is 2.30. The summed E-state index contributed by atoms with van der Waals surface area (Å²) < 4.78 is 5.42. The zero-order valence-corrected chi connectivity index (χ0v) is 19.5. The van der Waals surface area contributed by atoms with Gasteiger partial charge in [0.25, 0.3) is 11.8 Å². The van der Waals surface area contributed by atoms with Crippen LogP contribution >= 0.6 is 0 Å². The second-order valence-corrected chi connectivity index (χ2v) is 9.94. The van der Waals surface area contributed by atoms with E-state index in [1.165, 1.54) is 17.1 Å². The van der Waals surface area contributed by atoms with E-state index < -0.39 is 5.60 Å². The van der Waals surface area contributed by atoms with Gasteiger partial charge in [-0.3, -0.25) is 24.2 Å². The van der Waals surface area contributed by atoms with Crippen molar-refractivity contribution >= 4 is 23.8 Å². The van der Waals surface area contributed by atoms with E-state index in [9.17, 15) is 19.2 Å². The summed E-state index contributed by atoms with van der Waals surface area (Å²) in [6.45, 7) is 10.2. The molecule has 0 unspecified atom stereocenters. The van der Waals surface area contributed by atoms with Gasteiger partial charge in [0.2, 0.25) is 5.91 Å². The topological polar surface area (TPSA) is 99.3 Å². The highest BCUT2D eigenvalue weighted by molar-refractivity contribution is 6.12. The van der Waals surface area contributed by atoms with Crippen LogP contribution in [-0.4, -0.2) is 89.9 Å². The van der Waals surface area contributed by atoms with Crippen LogP contribution < -0.4 is 5.32 Å². The summed E-state index contributed by atoms with van der Waals surface area (Å²) in [4.78, 5) is 53.4. The predicted molar refractivity (Wildman–Crippen MR) is 119 cm³/mol. The van der Waals surface area contributed by atoms with Crippen molar-refractivity contribution in [1.82, 2.24) is 20.0 Å². The Morgan fingerprint density at radius 2 is 1.59 bits per heavy atom. The Morgan fingerprint density at radius 1 is 1.00 bits per heavy atom. The lowest BCUT2D eigenvalue weighted by Crippen LogP contribution is -2.51. The lowest BCUT2D eigenvalue weighted by molar-refractivity contribution is -0.138. The first-order chi connectivity index (χ1) is 15.1. The molecule has 9 heteroatoms. The van der Waals surface area contributed by atoms with E-state index in [2.05, 4.69) is 10.2 Å². The SMILES string of the molecule is CC(C)(C)OC(=O)N1CCN(CCNC(=O)C2CCC(CN3C(=O)C=CC3=O)CC2)CC1. The highest BCUT2D eigenvalue weighted by Gasteiger charge is 2.31. The molecule has 0 spiro atoms. The Morgan fingerprint density at radius 3 is 2.16 bits per heavy atom. The number of hydrogen-bond acceptors (Lipinski definition) is 6. The van der Waals surface area contributed by atoms with E-state index in [4.69, 9.17) is 4.74 Å². The monoisotopic (exact) mass is 448 g/mol. The van der Waals surface area contributed by atoms with Gasteiger partial charge >= 0.3 is 6.09 Å². The number of carbonyl (C=O) groups excluding carboxylic acids is 4. The number of nitrogens with zero attached hydrogens (tertiary/aromatic N) is 3. The number of amides is 4. The van der Waals surface area contributed by atoms with Crippen LogP contribution in [-0.2, 0) is 19.1 Å². The first-order valence-electron chi connectivity index (χ1n) is 11.6.